The van der Waals surface area contributed by atoms with E-state index >= 15 is 0 Å². The standard InChI is InChI=1S/C13H16N2O4/c1-9-6-7-14(8-12(9)16)13(17)10-2-4-11(5-3-10)15(18)19/h2-5,9,12,16H,6-8H2,1H3. The van der Waals surface area contributed by atoms with Gasteiger partial charge in [-0.05, 0) is 24.5 Å². The Bertz CT molecular complexity index is 486. The van der Waals surface area contributed by atoms with Crippen LogP contribution < -0.4 is 0 Å². The van der Waals surface area contributed by atoms with Gasteiger partial charge in [-0.15, -0.1) is 0 Å². The number of nitro groups is 1. The van der Waals surface area contributed by atoms with Crippen molar-refractivity contribution in [1.82, 2.24) is 4.90 Å². The molecule has 0 radical (unpaired) electrons. The fourth-order valence-corrected chi connectivity index (χ4v) is 2.14. The Hall–Kier alpha value is -1.95. The molecule has 2 unspecified atom stereocenters. The number of nitro benzene ring substituents is 1. The first-order chi connectivity index (χ1) is 8.99. The van der Waals surface area contributed by atoms with E-state index in [-0.39, 0.29) is 17.5 Å². The molecule has 0 bridgehead atoms. The van der Waals surface area contributed by atoms with Crippen LogP contribution in [0.15, 0.2) is 24.3 Å². The van der Waals surface area contributed by atoms with Gasteiger partial charge in [0, 0.05) is 30.8 Å². The normalized spacial score (nSPS) is 23.2. The fourth-order valence-electron chi connectivity index (χ4n) is 2.14. The maximum Gasteiger partial charge on any atom is 0.269 e. The van der Waals surface area contributed by atoms with Crippen molar-refractivity contribution in [3.8, 4) is 0 Å². The number of benzene rings is 1. The Morgan fingerprint density at radius 3 is 2.58 bits per heavy atom. The zero-order valence-electron chi connectivity index (χ0n) is 10.7. The molecule has 1 N–H and O–H groups in total. The lowest BCUT2D eigenvalue weighted by Crippen LogP contribution is -2.45. The van der Waals surface area contributed by atoms with Gasteiger partial charge < -0.3 is 10.0 Å². The van der Waals surface area contributed by atoms with Gasteiger partial charge in [-0.25, -0.2) is 0 Å². The topological polar surface area (TPSA) is 83.7 Å². The first-order valence-electron chi connectivity index (χ1n) is 6.21. The Morgan fingerprint density at radius 2 is 2.05 bits per heavy atom. The molecule has 0 spiro atoms. The van der Waals surface area contributed by atoms with Crippen molar-refractivity contribution in [1.29, 1.82) is 0 Å². The number of aliphatic hydroxyl groups is 1. The van der Waals surface area contributed by atoms with E-state index < -0.39 is 11.0 Å². The number of carbonyl (C=O) groups excluding carboxylic acids is 1. The highest BCUT2D eigenvalue weighted by Crippen LogP contribution is 2.20. The molecule has 1 aromatic carbocycles. The van der Waals surface area contributed by atoms with Crippen LogP contribution >= 0.6 is 0 Å². The van der Waals surface area contributed by atoms with Gasteiger partial charge in [0.1, 0.15) is 0 Å². The minimum Gasteiger partial charge on any atom is -0.391 e. The highest BCUT2D eigenvalue weighted by Gasteiger charge is 2.27. The van der Waals surface area contributed by atoms with Gasteiger partial charge in [0.2, 0.25) is 0 Å². The van der Waals surface area contributed by atoms with Crippen LogP contribution in [-0.4, -0.2) is 40.0 Å². The Kier molecular flexibility index (Phi) is 3.80. The highest BCUT2D eigenvalue weighted by molar-refractivity contribution is 5.94. The summed E-state index contributed by atoms with van der Waals surface area (Å²) >= 11 is 0. The van der Waals surface area contributed by atoms with E-state index in [0.29, 0.717) is 18.7 Å². The number of piperidine rings is 1. The largest absolute Gasteiger partial charge is 0.391 e. The number of non-ortho nitro benzene ring substituents is 1. The Labute approximate surface area is 110 Å². The molecule has 6 heteroatoms. The molecule has 1 saturated heterocycles. The van der Waals surface area contributed by atoms with E-state index in [1.807, 2.05) is 6.92 Å². The lowest BCUT2D eigenvalue weighted by Gasteiger charge is -2.34. The molecule has 1 heterocycles. The van der Waals surface area contributed by atoms with Crippen LogP contribution in [-0.2, 0) is 0 Å². The van der Waals surface area contributed by atoms with Gasteiger partial charge in [-0.2, -0.15) is 0 Å². The number of carbonyl (C=O) groups is 1. The zero-order chi connectivity index (χ0) is 14.0. The Morgan fingerprint density at radius 1 is 1.42 bits per heavy atom. The van der Waals surface area contributed by atoms with Gasteiger partial charge in [-0.3, -0.25) is 14.9 Å². The molecule has 6 nitrogen and oxygen atoms in total. The van der Waals surface area contributed by atoms with Crippen LogP contribution in [0.3, 0.4) is 0 Å². The first kappa shape index (κ1) is 13.5. The van der Waals surface area contributed by atoms with Crippen molar-refractivity contribution in [2.24, 2.45) is 5.92 Å². The van der Waals surface area contributed by atoms with E-state index in [4.69, 9.17) is 0 Å². The smallest absolute Gasteiger partial charge is 0.269 e. The van der Waals surface area contributed by atoms with Crippen LogP contribution in [0.25, 0.3) is 0 Å². The lowest BCUT2D eigenvalue weighted by molar-refractivity contribution is -0.384. The highest BCUT2D eigenvalue weighted by atomic mass is 16.6. The quantitative estimate of drug-likeness (QED) is 0.647. The van der Waals surface area contributed by atoms with Crippen molar-refractivity contribution in [3.05, 3.63) is 39.9 Å². The summed E-state index contributed by atoms with van der Waals surface area (Å²) in [4.78, 5) is 23.8. The van der Waals surface area contributed by atoms with Crippen LogP contribution in [0.2, 0.25) is 0 Å². The van der Waals surface area contributed by atoms with E-state index in [1.54, 1.807) is 4.90 Å². The summed E-state index contributed by atoms with van der Waals surface area (Å²) in [6, 6.07) is 5.53. The number of rotatable bonds is 2. The molecule has 1 aromatic rings. The SMILES string of the molecule is CC1CCN(C(=O)c2ccc([N+](=O)[O-])cc2)CC1O. The molecule has 102 valence electrons. The minimum absolute atomic E-state index is 0.0381. The maximum atomic E-state index is 12.2. The second kappa shape index (κ2) is 5.36. The van der Waals surface area contributed by atoms with Crippen molar-refractivity contribution >= 4 is 11.6 Å². The summed E-state index contributed by atoms with van der Waals surface area (Å²) in [5, 5.41) is 20.3. The molecule has 19 heavy (non-hydrogen) atoms. The van der Waals surface area contributed by atoms with Gasteiger partial charge in [0.15, 0.2) is 0 Å². The average Bonchev–Trinajstić information content (AvgIpc) is 2.41. The molecule has 2 rings (SSSR count). The molecule has 1 aliphatic heterocycles. The molecule has 2 atom stereocenters. The third-order valence-electron chi connectivity index (χ3n) is 3.53. The molecule has 1 amide bonds. The van der Waals surface area contributed by atoms with Crippen LogP contribution in [0, 0.1) is 16.0 Å². The van der Waals surface area contributed by atoms with Crippen molar-refractivity contribution in [2.75, 3.05) is 13.1 Å². The number of hydrogen-bond donors (Lipinski definition) is 1. The summed E-state index contributed by atoms with van der Waals surface area (Å²) in [5.74, 6) is 0.00163. The molecule has 0 aliphatic carbocycles. The monoisotopic (exact) mass is 264 g/mol. The van der Waals surface area contributed by atoms with Crippen molar-refractivity contribution < 1.29 is 14.8 Å². The van der Waals surface area contributed by atoms with Crippen LogP contribution in [0.1, 0.15) is 23.7 Å². The van der Waals surface area contributed by atoms with Crippen molar-refractivity contribution in [2.45, 2.75) is 19.4 Å². The Balaban J connectivity index is 2.09. The predicted molar refractivity (Wildman–Crippen MR) is 68.8 cm³/mol. The third-order valence-corrected chi connectivity index (χ3v) is 3.53. The fraction of sp³-hybridized carbons (Fsp3) is 0.462. The number of hydrogen-bond acceptors (Lipinski definition) is 4. The predicted octanol–water partition coefficient (Wildman–Crippen LogP) is 1.44. The third kappa shape index (κ3) is 2.90. The molecular formula is C13H16N2O4. The molecule has 1 fully saturated rings. The van der Waals surface area contributed by atoms with Crippen molar-refractivity contribution in [3.63, 3.8) is 0 Å². The van der Waals surface area contributed by atoms with Gasteiger partial charge >= 0.3 is 0 Å². The van der Waals surface area contributed by atoms with Crippen LogP contribution in [0.4, 0.5) is 5.69 Å². The number of nitrogens with zero attached hydrogens (tertiary/aromatic N) is 2. The van der Waals surface area contributed by atoms with Crippen LogP contribution in [0.5, 0.6) is 0 Å². The van der Waals surface area contributed by atoms with Gasteiger partial charge in [-0.1, -0.05) is 6.92 Å². The molecule has 0 saturated carbocycles. The number of likely N-dealkylation sites (tertiary alicyclic amines) is 1. The second-order valence-corrected chi connectivity index (χ2v) is 4.89. The minimum atomic E-state index is -0.504. The second-order valence-electron chi connectivity index (χ2n) is 4.89. The first-order valence-corrected chi connectivity index (χ1v) is 6.21. The zero-order valence-corrected chi connectivity index (χ0v) is 10.7. The number of amides is 1. The number of β-amino-alcohol motifs (C(OH)–C–C–N with tert-alkyl or cyclic N) is 1. The van der Waals surface area contributed by atoms with E-state index in [9.17, 15) is 20.0 Å². The maximum absolute atomic E-state index is 12.2. The summed E-state index contributed by atoms with van der Waals surface area (Å²) in [6.07, 6.45) is 0.260. The molecule has 0 aromatic heterocycles. The van der Waals surface area contributed by atoms with Gasteiger partial charge in [0.05, 0.1) is 11.0 Å². The molecule has 1 aliphatic rings. The summed E-state index contributed by atoms with van der Waals surface area (Å²) in [5.41, 5.74) is 0.371. The molecular weight excluding hydrogens is 248 g/mol. The number of aliphatic hydroxyl groups excluding tert-OH is 1. The lowest BCUT2D eigenvalue weighted by atomic mass is 9.95. The van der Waals surface area contributed by atoms with E-state index in [2.05, 4.69) is 0 Å². The summed E-state index contributed by atoms with van der Waals surface area (Å²) in [6.45, 7) is 2.88. The van der Waals surface area contributed by atoms with E-state index in [1.165, 1.54) is 24.3 Å². The van der Waals surface area contributed by atoms with Gasteiger partial charge in [0.25, 0.3) is 11.6 Å². The summed E-state index contributed by atoms with van der Waals surface area (Å²) in [7, 11) is 0. The average molecular weight is 264 g/mol. The van der Waals surface area contributed by atoms with E-state index in [0.717, 1.165) is 6.42 Å². The summed E-state index contributed by atoms with van der Waals surface area (Å²) < 4.78 is 0.